The van der Waals surface area contributed by atoms with Crippen LogP contribution in [0, 0.1) is 12.8 Å². The molecule has 1 fully saturated rings. The first-order chi connectivity index (χ1) is 14.3. The van der Waals surface area contributed by atoms with Crippen molar-refractivity contribution in [2.45, 2.75) is 19.9 Å². The van der Waals surface area contributed by atoms with E-state index in [9.17, 15) is 18.4 Å². The minimum Gasteiger partial charge on any atom is -0.310 e. The summed E-state index contributed by atoms with van der Waals surface area (Å²) in [6.07, 6.45) is 2.52. The number of halogens is 3. The maximum atomic E-state index is 13.1. The van der Waals surface area contributed by atoms with E-state index in [2.05, 4.69) is 15.3 Å². The third-order valence-corrected chi connectivity index (χ3v) is 6.14. The molecule has 156 valence electrons. The lowest BCUT2D eigenvalue weighted by Gasteiger charge is -2.17. The molecular formula is C19H16ClF2N5O2S. The standard InChI is InChI=1S/C19H16ClF2N5O2S/c1-10-15(16-23-6-7-26(16)18(21)22)30-19(24-10)25-17(29)11-8-14(28)27(9-11)13-5-3-2-4-12(13)20/h2-7,11,18H,8-9H2,1H3,(H,24,25,29). The Bertz CT molecular complexity index is 1120. The number of benzene rings is 1. The molecule has 1 saturated heterocycles. The molecule has 1 aliphatic rings. The number of hydrogen-bond acceptors (Lipinski definition) is 5. The number of carbonyl (C=O) groups is 2. The summed E-state index contributed by atoms with van der Waals surface area (Å²) in [5, 5.41) is 3.39. The normalized spacial score (nSPS) is 16.5. The van der Waals surface area contributed by atoms with Gasteiger partial charge in [-0.25, -0.2) is 9.97 Å². The van der Waals surface area contributed by atoms with E-state index in [1.54, 1.807) is 31.2 Å². The number of aryl methyl sites for hydroxylation is 1. The summed E-state index contributed by atoms with van der Waals surface area (Å²) in [6, 6.07) is 6.94. The van der Waals surface area contributed by atoms with Crippen LogP contribution in [0.3, 0.4) is 0 Å². The van der Waals surface area contributed by atoms with Crippen LogP contribution in [-0.4, -0.2) is 32.9 Å². The highest BCUT2D eigenvalue weighted by Crippen LogP contribution is 2.35. The van der Waals surface area contributed by atoms with Crippen molar-refractivity contribution in [2.24, 2.45) is 5.92 Å². The zero-order valence-electron chi connectivity index (χ0n) is 15.7. The molecule has 1 atom stereocenters. The van der Waals surface area contributed by atoms with Gasteiger partial charge >= 0.3 is 6.55 Å². The second kappa shape index (κ2) is 8.11. The second-order valence-corrected chi connectivity index (χ2v) is 8.12. The van der Waals surface area contributed by atoms with Crippen molar-refractivity contribution in [2.75, 3.05) is 16.8 Å². The molecule has 1 aliphatic heterocycles. The van der Waals surface area contributed by atoms with Gasteiger partial charge in [-0.15, -0.1) is 0 Å². The summed E-state index contributed by atoms with van der Waals surface area (Å²) in [5.74, 6) is -1.06. The van der Waals surface area contributed by atoms with Crippen molar-refractivity contribution in [3.05, 3.63) is 47.4 Å². The first-order valence-electron chi connectivity index (χ1n) is 8.99. The molecule has 2 amide bonds. The largest absolute Gasteiger partial charge is 0.320 e. The summed E-state index contributed by atoms with van der Waals surface area (Å²) in [4.78, 5) is 35.3. The molecular weight excluding hydrogens is 436 g/mol. The fourth-order valence-corrected chi connectivity index (χ4v) is 4.51. The molecule has 7 nitrogen and oxygen atoms in total. The first kappa shape index (κ1) is 20.4. The molecule has 0 aliphatic carbocycles. The van der Waals surface area contributed by atoms with E-state index >= 15 is 0 Å². The molecule has 3 heterocycles. The number of aromatic nitrogens is 3. The highest BCUT2D eigenvalue weighted by atomic mass is 35.5. The van der Waals surface area contributed by atoms with Crippen LogP contribution in [0.25, 0.3) is 10.7 Å². The Labute approximate surface area is 179 Å². The van der Waals surface area contributed by atoms with Gasteiger partial charge < -0.3 is 10.2 Å². The summed E-state index contributed by atoms with van der Waals surface area (Å²) < 4.78 is 27.0. The SMILES string of the molecule is Cc1nc(NC(=O)C2CC(=O)N(c3ccccc3Cl)C2)sc1-c1nccn1C(F)F. The number of rotatable bonds is 5. The van der Waals surface area contributed by atoms with Crippen LogP contribution in [0.4, 0.5) is 19.6 Å². The molecule has 0 bridgehead atoms. The van der Waals surface area contributed by atoms with E-state index in [-0.39, 0.29) is 35.7 Å². The van der Waals surface area contributed by atoms with Gasteiger partial charge in [-0.05, 0) is 19.1 Å². The van der Waals surface area contributed by atoms with Crippen molar-refractivity contribution in [3.63, 3.8) is 0 Å². The molecule has 0 spiro atoms. The van der Waals surface area contributed by atoms with Crippen molar-refractivity contribution in [1.82, 2.24) is 14.5 Å². The van der Waals surface area contributed by atoms with Gasteiger partial charge in [-0.2, -0.15) is 8.78 Å². The predicted octanol–water partition coefficient (Wildman–Crippen LogP) is 4.36. The van der Waals surface area contributed by atoms with Gasteiger partial charge in [0, 0.05) is 25.4 Å². The Balaban J connectivity index is 1.49. The maximum absolute atomic E-state index is 13.1. The zero-order valence-corrected chi connectivity index (χ0v) is 17.3. The highest BCUT2D eigenvalue weighted by Gasteiger charge is 2.36. The number of nitrogens with one attached hydrogen (secondary N) is 1. The number of thiazole rings is 1. The summed E-state index contributed by atoms with van der Waals surface area (Å²) in [7, 11) is 0. The third-order valence-electron chi connectivity index (χ3n) is 4.75. The summed E-state index contributed by atoms with van der Waals surface area (Å²) >= 11 is 7.22. The average Bonchev–Trinajstić information content (AvgIpc) is 3.40. The third kappa shape index (κ3) is 3.80. The first-order valence-corrected chi connectivity index (χ1v) is 10.2. The fourth-order valence-electron chi connectivity index (χ4n) is 3.30. The average molecular weight is 452 g/mol. The van der Waals surface area contributed by atoms with E-state index in [4.69, 9.17) is 11.6 Å². The smallest absolute Gasteiger partial charge is 0.310 e. The van der Waals surface area contributed by atoms with Gasteiger partial charge in [-0.1, -0.05) is 35.1 Å². The van der Waals surface area contributed by atoms with Crippen molar-refractivity contribution in [3.8, 4) is 10.7 Å². The van der Waals surface area contributed by atoms with E-state index in [1.807, 2.05) is 0 Å². The van der Waals surface area contributed by atoms with Crippen LogP contribution in [0.15, 0.2) is 36.7 Å². The van der Waals surface area contributed by atoms with Gasteiger partial charge in [0.15, 0.2) is 11.0 Å². The molecule has 0 saturated carbocycles. The van der Waals surface area contributed by atoms with E-state index in [1.165, 1.54) is 17.3 Å². The second-order valence-electron chi connectivity index (χ2n) is 6.72. The molecule has 30 heavy (non-hydrogen) atoms. The van der Waals surface area contributed by atoms with Crippen LogP contribution in [0.1, 0.15) is 18.7 Å². The topological polar surface area (TPSA) is 80.1 Å². The van der Waals surface area contributed by atoms with Crippen molar-refractivity contribution >= 4 is 45.6 Å². The van der Waals surface area contributed by atoms with Crippen LogP contribution in [-0.2, 0) is 9.59 Å². The van der Waals surface area contributed by atoms with Gasteiger partial charge in [-0.3, -0.25) is 14.2 Å². The number of imidazole rings is 1. The van der Waals surface area contributed by atoms with Crippen molar-refractivity contribution in [1.29, 1.82) is 0 Å². The van der Waals surface area contributed by atoms with Crippen LogP contribution >= 0.6 is 22.9 Å². The summed E-state index contributed by atoms with van der Waals surface area (Å²) in [6.45, 7) is -0.881. The lowest BCUT2D eigenvalue weighted by molar-refractivity contribution is -0.122. The van der Waals surface area contributed by atoms with Gasteiger partial charge in [0.1, 0.15) is 0 Å². The lowest BCUT2D eigenvalue weighted by atomic mass is 10.1. The Morgan fingerprint density at radius 1 is 1.37 bits per heavy atom. The zero-order chi connectivity index (χ0) is 21.4. The van der Waals surface area contributed by atoms with E-state index < -0.39 is 12.5 Å². The molecule has 3 aromatic rings. The molecule has 2 aromatic heterocycles. The monoisotopic (exact) mass is 451 g/mol. The van der Waals surface area contributed by atoms with E-state index in [0.717, 1.165) is 15.9 Å². The minimum atomic E-state index is -2.73. The molecule has 1 unspecified atom stereocenters. The van der Waals surface area contributed by atoms with Gasteiger partial charge in [0.25, 0.3) is 0 Å². The predicted molar refractivity (Wildman–Crippen MR) is 110 cm³/mol. The molecule has 0 radical (unpaired) electrons. The number of hydrogen-bond donors (Lipinski definition) is 1. The summed E-state index contributed by atoms with van der Waals surface area (Å²) in [5.41, 5.74) is 1.04. The maximum Gasteiger partial charge on any atom is 0.320 e. The number of para-hydroxylation sites is 1. The molecule has 1 aromatic carbocycles. The van der Waals surface area contributed by atoms with Crippen LogP contribution < -0.4 is 10.2 Å². The highest BCUT2D eigenvalue weighted by molar-refractivity contribution is 7.19. The Morgan fingerprint density at radius 3 is 2.87 bits per heavy atom. The van der Waals surface area contributed by atoms with Gasteiger partial charge in [0.2, 0.25) is 11.8 Å². The number of carbonyl (C=O) groups excluding carboxylic acids is 2. The molecule has 4 rings (SSSR count). The molecule has 1 N–H and O–H groups in total. The number of nitrogens with zero attached hydrogens (tertiary/aromatic N) is 4. The number of alkyl halides is 2. The Hall–Kier alpha value is -2.85. The number of anilines is 2. The quantitative estimate of drug-likeness (QED) is 0.625. The Morgan fingerprint density at radius 2 is 2.13 bits per heavy atom. The minimum absolute atomic E-state index is 0.0457. The van der Waals surface area contributed by atoms with E-state index in [0.29, 0.717) is 21.3 Å². The van der Waals surface area contributed by atoms with Crippen LogP contribution in [0.5, 0.6) is 0 Å². The van der Waals surface area contributed by atoms with Crippen molar-refractivity contribution < 1.29 is 18.4 Å². The van der Waals surface area contributed by atoms with Gasteiger partial charge in [0.05, 0.1) is 27.2 Å². The van der Waals surface area contributed by atoms with Crippen LogP contribution in [0.2, 0.25) is 5.02 Å². The fraction of sp³-hybridized carbons (Fsp3) is 0.263. The molecule has 11 heteroatoms. The lowest BCUT2D eigenvalue weighted by Crippen LogP contribution is -2.28. The Kier molecular flexibility index (Phi) is 5.52. The number of amides is 2.